The Morgan fingerprint density at radius 3 is 2.39 bits per heavy atom. The molecule has 0 aromatic heterocycles. The Morgan fingerprint density at radius 1 is 1.00 bits per heavy atom. The number of anilines is 1. The van der Waals surface area contributed by atoms with Gasteiger partial charge in [-0.25, -0.2) is 5.43 Å². The second-order valence-electron chi connectivity index (χ2n) is 6.29. The van der Waals surface area contributed by atoms with Crippen LogP contribution in [0.3, 0.4) is 0 Å². The summed E-state index contributed by atoms with van der Waals surface area (Å²) in [5.41, 5.74) is 5.49. The smallest absolute Gasteiger partial charge is 0.244 e. The first-order valence-electron chi connectivity index (χ1n) is 8.81. The molecular weight excluding hydrogens is 358 g/mol. The standard InChI is InChI=1S/C21H25N3O4/c1-14-7-5-6-8-17(14)22-20(25)11-15(2)23-24-21(26)13-16-9-10-18(27-3)19(12-16)28-4/h5-10,12H,11,13H2,1-4H3,(H,22,25)(H,24,26)/b23-15-. The van der Waals surface area contributed by atoms with E-state index in [4.69, 9.17) is 9.47 Å². The maximum atomic E-state index is 12.1. The van der Waals surface area contributed by atoms with E-state index in [0.717, 1.165) is 16.8 Å². The highest BCUT2D eigenvalue weighted by Crippen LogP contribution is 2.27. The second-order valence-corrected chi connectivity index (χ2v) is 6.29. The number of ether oxygens (including phenoxy) is 2. The molecule has 0 saturated carbocycles. The van der Waals surface area contributed by atoms with Crippen LogP contribution in [0.2, 0.25) is 0 Å². The molecule has 2 N–H and O–H groups in total. The van der Waals surface area contributed by atoms with Crippen molar-refractivity contribution in [1.82, 2.24) is 5.43 Å². The van der Waals surface area contributed by atoms with Crippen LogP contribution in [0.5, 0.6) is 11.5 Å². The maximum absolute atomic E-state index is 12.1. The van der Waals surface area contributed by atoms with Gasteiger partial charge in [0, 0.05) is 11.4 Å². The summed E-state index contributed by atoms with van der Waals surface area (Å²) in [7, 11) is 3.09. The summed E-state index contributed by atoms with van der Waals surface area (Å²) in [6.45, 7) is 3.61. The molecule has 7 nitrogen and oxygen atoms in total. The van der Waals surface area contributed by atoms with Crippen molar-refractivity contribution < 1.29 is 19.1 Å². The summed E-state index contributed by atoms with van der Waals surface area (Å²) in [6.07, 6.45) is 0.220. The van der Waals surface area contributed by atoms with Crippen LogP contribution in [0.1, 0.15) is 24.5 Å². The minimum Gasteiger partial charge on any atom is -0.493 e. The molecule has 0 radical (unpaired) electrons. The van der Waals surface area contributed by atoms with Gasteiger partial charge in [0.2, 0.25) is 11.8 Å². The Balaban J connectivity index is 1.87. The molecule has 0 aliphatic carbocycles. The highest BCUT2D eigenvalue weighted by molar-refractivity contribution is 6.06. The summed E-state index contributed by atoms with van der Waals surface area (Å²) < 4.78 is 10.4. The number of methoxy groups -OCH3 is 2. The van der Waals surface area contributed by atoms with Crippen molar-refractivity contribution in [3.05, 3.63) is 53.6 Å². The van der Waals surface area contributed by atoms with Crippen molar-refractivity contribution in [3.8, 4) is 11.5 Å². The van der Waals surface area contributed by atoms with Crippen molar-refractivity contribution >= 4 is 23.2 Å². The van der Waals surface area contributed by atoms with Crippen molar-refractivity contribution in [1.29, 1.82) is 0 Å². The number of nitrogens with zero attached hydrogens (tertiary/aromatic N) is 1. The number of hydrogen-bond donors (Lipinski definition) is 2. The van der Waals surface area contributed by atoms with Crippen LogP contribution in [0, 0.1) is 6.92 Å². The average Bonchev–Trinajstić information content (AvgIpc) is 2.68. The lowest BCUT2D eigenvalue weighted by Crippen LogP contribution is -2.23. The molecule has 0 saturated heterocycles. The Morgan fingerprint density at radius 2 is 1.71 bits per heavy atom. The first-order valence-corrected chi connectivity index (χ1v) is 8.81. The molecule has 0 bridgehead atoms. The van der Waals surface area contributed by atoms with Gasteiger partial charge in [0.05, 0.1) is 27.1 Å². The lowest BCUT2D eigenvalue weighted by atomic mass is 10.1. The molecule has 2 aromatic carbocycles. The third-order valence-electron chi connectivity index (χ3n) is 4.02. The second kappa shape index (κ2) is 10.1. The fraction of sp³-hybridized carbons (Fsp3) is 0.286. The highest BCUT2D eigenvalue weighted by Gasteiger charge is 2.09. The zero-order valence-corrected chi connectivity index (χ0v) is 16.5. The third-order valence-corrected chi connectivity index (χ3v) is 4.02. The van der Waals surface area contributed by atoms with Gasteiger partial charge in [-0.2, -0.15) is 5.10 Å². The van der Waals surface area contributed by atoms with Crippen LogP contribution in [-0.4, -0.2) is 31.7 Å². The quantitative estimate of drug-likeness (QED) is 0.542. The molecule has 0 unspecified atom stereocenters. The number of hydrogen-bond acceptors (Lipinski definition) is 5. The van der Waals surface area contributed by atoms with E-state index in [2.05, 4.69) is 15.8 Å². The Labute approximate surface area is 164 Å². The summed E-state index contributed by atoms with van der Waals surface area (Å²) >= 11 is 0. The molecule has 28 heavy (non-hydrogen) atoms. The van der Waals surface area contributed by atoms with Gasteiger partial charge < -0.3 is 14.8 Å². The van der Waals surface area contributed by atoms with Crippen molar-refractivity contribution in [3.63, 3.8) is 0 Å². The van der Waals surface area contributed by atoms with Gasteiger partial charge in [-0.05, 0) is 43.2 Å². The van der Waals surface area contributed by atoms with Crippen molar-refractivity contribution in [2.75, 3.05) is 19.5 Å². The molecule has 7 heteroatoms. The monoisotopic (exact) mass is 383 g/mol. The lowest BCUT2D eigenvalue weighted by molar-refractivity contribution is -0.120. The summed E-state index contributed by atoms with van der Waals surface area (Å²) in [4.78, 5) is 24.2. The Hall–Kier alpha value is -3.35. The number of nitrogens with one attached hydrogen (secondary N) is 2. The number of rotatable bonds is 8. The van der Waals surface area contributed by atoms with Crippen LogP contribution >= 0.6 is 0 Å². The Bertz CT molecular complexity index is 878. The van der Waals surface area contributed by atoms with Crippen LogP contribution in [0.25, 0.3) is 0 Å². The van der Waals surface area contributed by atoms with E-state index in [9.17, 15) is 9.59 Å². The van der Waals surface area contributed by atoms with Crippen LogP contribution in [0.4, 0.5) is 5.69 Å². The van der Waals surface area contributed by atoms with Crippen molar-refractivity contribution in [2.24, 2.45) is 5.10 Å². The molecule has 2 rings (SSSR count). The molecule has 0 heterocycles. The fourth-order valence-corrected chi connectivity index (χ4v) is 2.55. The number of carbonyl (C=O) groups excluding carboxylic acids is 2. The maximum Gasteiger partial charge on any atom is 0.244 e. The number of benzene rings is 2. The number of amides is 2. The van der Waals surface area contributed by atoms with E-state index in [1.165, 1.54) is 7.11 Å². The van der Waals surface area contributed by atoms with Gasteiger partial charge in [0.25, 0.3) is 0 Å². The SMILES string of the molecule is COc1ccc(CC(=O)N/N=C(/C)CC(=O)Nc2ccccc2C)cc1OC. The normalized spacial score (nSPS) is 10.9. The number of carbonyl (C=O) groups is 2. The molecule has 0 fully saturated rings. The number of aryl methyl sites for hydroxylation is 1. The number of para-hydroxylation sites is 1. The van der Waals surface area contributed by atoms with E-state index < -0.39 is 0 Å². The van der Waals surface area contributed by atoms with Gasteiger partial charge in [0.15, 0.2) is 11.5 Å². The zero-order valence-electron chi connectivity index (χ0n) is 16.5. The van der Waals surface area contributed by atoms with Crippen LogP contribution in [-0.2, 0) is 16.0 Å². The third kappa shape index (κ3) is 6.12. The van der Waals surface area contributed by atoms with E-state index in [-0.39, 0.29) is 24.7 Å². The number of hydrazone groups is 1. The van der Waals surface area contributed by atoms with Gasteiger partial charge in [-0.1, -0.05) is 24.3 Å². The summed E-state index contributed by atoms with van der Waals surface area (Å²) in [5, 5.41) is 6.83. The van der Waals surface area contributed by atoms with Gasteiger partial charge in [-0.15, -0.1) is 0 Å². The van der Waals surface area contributed by atoms with Crippen LogP contribution < -0.4 is 20.2 Å². The first kappa shape index (κ1) is 21.0. The van der Waals surface area contributed by atoms with E-state index >= 15 is 0 Å². The molecule has 0 spiro atoms. The highest BCUT2D eigenvalue weighted by atomic mass is 16.5. The topological polar surface area (TPSA) is 89.0 Å². The minimum atomic E-state index is -0.286. The Kier molecular flexibility index (Phi) is 7.56. The molecule has 2 aromatic rings. The van der Waals surface area contributed by atoms with Crippen LogP contribution in [0.15, 0.2) is 47.6 Å². The van der Waals surface area contributed by atoms with E-state index in [0.29, 0.717) is 17.2 Å². The minimum absolute atomic E-state index is 0.0883. The molecule has 0 aliphatic heterocycles. The van der Waals surface area contributed by atoms with Gasteiger partial charge >= 0.3 is 0 Å². The summed E-state index contributed by atoms with van der Waals surface area (Å²) in [6, 6.07) is 12.8. The predicted molar refractivity (Wildman–Crippen MR) is 109 cm³/mol. The molecule has 0 atom stereocenters. The largest absolute Gasteiger partial charge is 0.493 e. The summed E-state index contributed by atoms with van der Waals surface area (Å²) in [5.74, 6) is 0.677. The predicted octanol–water partition coefficient (Wildman–Crippen LogP) is 3.08. The molecule has 2 amide bonds. The van der Waals surface area contributed by atoms with Gasteiger partial charge in [-0.3, -0.25) is 9.59 Å². The first-order chi connectivity index (χ1) is 13.4. The van der Waals surface area contributed by atoms with Gasteiger partial charge in [0.1, 0.15) is 0 Å². The molecule has 0 aliphatic rings. The van der Waals surface area contributed by atoms with E-state index in [1.54, 1.807) is 32.2 Å². The molecule has 148 valence electrons. The fourth-order valence-electron chi connectivity index (χ4n) is 2.55. The van der Waals surface area contributed by atoms with Crippen molar-refractivity contribution in [2.45, 2.75) is 26.7 Å². The zero-order chi connectivity index (χ0) is 20.5. The average molecular weight is 383 g/mol. The lowest BCUT2D eigenvalue weighted by Gasteiger charge is -2.09. The van der Waals surface area contributed by atoms with E-state index in [1.807, 2.05) is 31.2 Å². The molecular formula is C21H25N3O4.